The Kier molecular flexibility index (Phi) is 3.86. The molecule has 2 atom stereocenters. The molecule has 4 aliphatic rings. The first kappa shape index (κ1) is 15.4. The van der Waals surface area contributed by atoms with E-state index in [0.29, 0.717) is 0 Å². The average Bonchev–Trinajstić information content (AvgIpc) is 2.44. The predicted molar refractivity (Wildman–Crippen MR) is 84.8 cm³/mol. The summed E-state index contributed by atoms with van der Waals surface area (Å²) in [4.78, 5) is 12.4. The molecule has 0 N–H and O–H groups in total. The van der Waals surface area contributed by atoms with Gasteiger partial charge in [0.2, 0.25) is 0 Å². The molecule has 0 saturated heterocycles. The Morgan fingerprint density at radius 2 is 1.62 bits per heavy atom. The molecule has 0 heterocycles. The number of ether oxygens (including phenoxy) is 1. The lowest BCUT2D eigenvalue weighted by molar-refractivity contribution is -0.208. The van der Waals surface area contributed by atoms with Crippen molar-refractivity contribution in [2.24, 2.45) is 29.1 Å². The minimum Gasteiger partial charge on any atom is -0.459 e. The molecule has 0 aromatic carbocycles. The lowest BCUT2D eigenvalue weighted by Gasteiger charge is -2.62. The minimum atomic E-state index is -0.247. The number of hydrogen-bond donors (Lipinski definition) is 0. The molecule has 4 bridgehead atoms. The lowest BCUT2D eigenvalue weighted by Crippen LogP contribution is -2.58. The van der Waals surface area contributed by atoms with Crippen molar-refractivity contribution in [3.8, 4) is 0 Å². The second-order valence-electron chi connectivity index (χ2n) is 8.51. The van der Waals surface area contributed by atoms with E-state index < -0.39 is 0 Å². The monoisotopic (exact) mass is 292 g/mol. The van der Waals surface area contributed by atoms with Crippen molar-refractivity contribution < 1.29 is 9.53 Å². The summed E-state index contributed by atoms with van der Waals surface area (Å²) in [5, 5.41) is 0. The molecule has 0 amide bonds. The van der Waals surface area contributed by atoms with Crippen LogP contribution < -0.4 is 0 Å². The topological polar surface area (TPSA) is 26.3 Å². The molecule has 4 aliphatic carbocycles. The zero-order chi connectivity index (χ0) is 15.3. The highest BCUT2D eigenvalue weighted by molar-refractivity contribution is 5.72. The molecule has 2 heteroatoms. The van der Waals surface area contributed by atoms with Crippen molar-refractivity contribution in [2.45, 2.75) is 84.7 Å². The molecule has 4 rings (SSSR count). The maximum absolute atomic E-state index is 12.4. The summed E-state index contributed by atoms with van der Waals surface area (Å²) < 4.78 is 6.19. The summed E-state index contributed by atoms with van der Waals surface area (Å²) in [6, 6.07) is 0. The maximum Gasteiger partial charge on any atom is 0.309 e. The van der Waals surface area contributed by atoms with Crippen molar-refractivity contribution in [2.75, 3.05) is 0 Å². The van der Waals surface area contributed by atoms with E-state index >= 15 is 0 Å². The SMILES string of the molecule is CCC(C)C(=O)OC(C)(CC)C12CC3CC(CC(C3)C1)C2. The van der Waals surface area contributed by atoms with Crippen LogP contribution in [0.5, 0.6) is 0 Å². The van der Waals surface area contributed by atoms with Crippen LogP contribution in [-0.2, 0) is 9.53 Å². The number of rotatable bonds is 5. The third-order valence-electron chi connectivity index (χ3n) is 7.18. The molecule has 4 fully saturated rings. The van der Waals surface area contributed by atoms with Gasteiger partial charge >= 0.3 is 5.97 Å². The van der Waals surface area contributed by atoms with Crippen molar-refractivity contribution in [3.05, 3.63) is 0 Å². The zero-order valence-electron chi connectivity index (χ0n) is 14.3. The molecule has 0 spiro atoms. The van der Waals surface area contributed by atoms with Gasteiger partial charge in [0.1, 0.15) is 5.60 Å². The average molecular weight is 292 g/mol. The third kappa shape index (κ3) is 2.43. The zero-order valence-corrected chi connectivity index (χ0v) is 14.3. The molecule has 120 valence electrons. The number of carbonyl (C=O) groups excluding carboxylic acids is 1. The van der Waals surface area contributed by atoms with Gasteiger partial charge in [-0.25, -0.2) is 0 Å². The Hall–Kier alpha value is -0.530. The standard InChI is InChI=1S/C19H32O2/c1-5-13(3)17(20)21-18(4,6-2)19-10-14-7-15(11-19)9-16(8-14)12-19/h13-16H,5-12H2,1-4H3. The fourth-order valence-corrected chi connectivity index (χ4v) is 5.80. The Bertz CT molecular complexity index is 379. The Morgan fingerprint density at radius 3 is 2.00 bits per heavy atom. The second-order valence-corrected chi connectivity index (χ2v) is 8.51. The molecule has 0 aromatic heterocycles. The van der Waals surface area contributed by atoms with Crippen LogP contribution in [0.1, 0.15) is 79.1 Å². The first-order chi connectivity index (χ1) is 9.91. The summed E-state index contributed by atoms with van der Waals surface area (Å²) in [5.74, 6) is 2.78. The molecule has 0 aromatic rings. The van der Waals surface area contributed by atoms with Crippen LogP contribution in [0.25, 0.3) is 0 Å². The maximum atomic E-state index is 12.4. The highest BCUT2D eigenvalue weighted by atomic mass is 16.6. The van der Waals surface area contributed by atoms with Gasteiger partial charge in [-0.15, -0.1) is 0 Å². The van der Waals surface area contributed by atoms with Gasteiger partial charge in [-0.3, -0.25) is 4.79 Å². The van der Waals surface area contributed by atoms with Gasteiger partial charge in [-0.05, 0) is 76.0 Å². The summed E-state index contributed by atoms with van der Waals surface area (Å²) in [6.45, 7) is 8.51. The van der Waals surface area contributed by atoms with Gasteiger partial charge in [-0.2, -0.15) is 0 Å². The van der Waals surface area contributed by atoms with Gasteiger partial charge in [-0.1, -0.05) is 20.8 Å². The highest BCUT2D eigenvalue weighted by Gasteiger charge is 2.59. The first-order valence-corrected chi connectivity index (χ1v) is 9.14. The van der Waals surface area contributed by atoms with Crippen LogP contribution in [0.3, 0.4) is 0 Å². The first-order valence-electron chi connectivity index (χ1n) is 9.14. The normalized spacial score (nSPS) is 41.6. The molecule has 4 saturated carbocycles. The fraction of sp³-hybridized carbons (Fsp3) is 0.947. The molecular weight excluding hydrogens is 260 g/mol. The van der Waals surface area contributed by atoms with Crippen LogP contribution in [-0.4, -0.2) is 11.6 Å². The molecule has 0 aliphatic heterocycles. The van der Waals surface area contributed by atoms with E-state index in [0.717, 1.165) is 30.6 Å². The third-order valence-corrected chi connectivity index (χ3v) is 7.18. The molecular formula is C19H32O2. The van der Waals surface area contributed by atoms with Gasteiger partial charge in [0.15, 0.2) is 0 Å². The summed E-state index contributed by atoms with van der Waals surface area (Å²) in [5.41, 5.74) is 0.0309. The van der Waals surface area contributed by atoms with Crippen LogP contribution >= 0.6 is 0 Å². The highest BCUT2D eigenvalue weighted by Crippen LogP contribution is 2.65. The molecule has 21 heavy (non-hydrogen) atoms. The van der Waals surface area contributed by atoms with Crippen LogP contribution in [0.2, 0.25) is 0 Å². The smallest absolute Gasteiger partial charge is 0.309 e. The van der Waals surface area contributed by atoms with E-state index in [9.17, 15) is 4.79 Å². The van der Waals surface area contributed by atoms with E-state index in [1.54, 1.807) is 0 Å². The molecule has 2 unspecified atom stereocenters. The summed E-state index contributed by atoms with van der Waals surface area (Å²) in [6.07, 6.45) is 10.1. The van der Waals surface area contributed by atoms with E-state index in [1.165, 1.54) is 38.5 Å². The van der Waals surface area contributed by atoms with Gasteiger partial charge in [0.05, 0.1) is 5.92 Å². The largest absolute Gasteiger partial charge is 0.459 e. The van der Waals surface area contributed by atoms with Gasteiger partial charge in [0, 0.05) is 5.41 Å². The molecule has 2 nitrogen and oxygen atoms in total. The van der Waals surface area contributed by atoms with Crippen molar-refractivity contribution in [1.82, 2.24) is 0 Å². The number of esters is 1. The Morgan fingerprint density at radius 1 is 1.14 bits per heavy atom. The number of hydrogen-bond acceptors (Lipinski definition) is 2. The van der Waals surface area contributed by atoms with Crippen LogP contribution in [0.15, 0.2) is 0 Å². The van der Waals surface area contributed by atoms with E-state index in [1.807, 2.05) is 6.92 Å². The fourth-order valence-electron chi connectivity index (χ4n) is 5.80. The van der Waals surface area contributed by atoms with Crippen molar-refractivity contribution in [1.29, 1.82) is 0 Å². The number of carbonyl (C=O) groups is 1. The Labute approximate surface area is 130 Å². The van der Waals surface area contributed by atoms with Crippen LogP contribution in [0.4, 0.5) is 0 Å². The molecule has 0 radical (unpaired) electrons. The summed E-state index contributed by atoms with van der Waals surface area (Å²) >= 11 is 0. The van der Waals surface area contributed by atoms with Gasteiger partial charge < -0.3 is 4.74 Å². The van der Waals surface area contributed by atoms with E-state index in [4.69, 9.17) is 4.74 Å². The Balaban J connectivity index is 1.83. The lowest BCUT2D eigenvalue weighted by atomic mass is 9.45. The van der Waals surface area contributed by atoms with Crippen molar-refractivity contribution >= 4 is 5.97 Å². The van der Waals surface area contributed by atoms with Crippen molar-refractivity contribution in [3.63, 3.8) is 0 Å². The van der Waals surface area contributed by atoms with E-state index in [2.05, 4.69) is 20.8 Å². The van der Waals surface area contributed by atoms with Crippen LogP contribution in [0, 0.1) is 29.1 Å². The summed E-state index contributed by atoms with van der Waals surface area (Å²) in [7, 11) is 0. The van der Waals surface area contributed by atoms with Gasteiger partial charge in [0.25, 0.3) is 0 Å². The second kappa shape index (κ2) is 5.28. The quantitative estimate of drug-likeness (QED) is 0.669. The minimum absolute atomic E-state index is 0.0256. The predicted octanol–water partition coefficient (Wildman–Crippen LogP) is 4.96. The van der Waals surface area contributed by atoms with E-state index in [-0.39, 0.29) is 22.9 Å².